The van der Waals surface area contributed by atoms with Gasteiger partial charge in [0.05, 0.1) is 26.3 Å². The molecule has 1 unspecified atom stereocenters. The van der Waals surface area contributed by atoms with Crippen molar-refractivity contribution in [3.8, 4) is 5.75 Å². The van der Waals surface area contributed by atoms with Crippen LogP contribution in [-0.2, 0) is 19.1 Å². The maximum Gasteiger partial charge on any atom is 0.333 e. The second-order valence-electron chi connectivity index (χ2n) is 8.23. The minimum absolute atomic E-state index is 0.0461. The number of amides is 2. The Kier molecular flexibility index (Phi) is 7.88. The van der Waals surface area contributed by atoms with E-state index in [1.165, 1.54) is 18.4 Å². The van der Waals surface area contributed by atoms with Crippen molar-refractivity contribution in [2.45, 2.75) is 18.9 Å². The van der Waals surface area contributed by atoms with E-state index < -0.39 is 12.0 Å². The number of esters is 1. The fourth-order valence-corrected chi connectivity index (χ4v) is 4.60. The zero-order valence-corrected chi connectivity index (χ0v) is 20.3. The van der Waals surface area contributed by atoms with Gasteiger partial charge in [-0.25, -0.2) is 9.78 Å². The average molecular weight is 498 g/mol. The molecule has 2 N–H and O–H groups in total. The number of aromatic nitrogens is 2. The molecular weight excluding hydrogens is 470 g/mol. The zero-order chi connectivity index (χ0) is 24.8. The summed E-state index contributed by atoms with van der Waals surface area (Å²) in [4.78, 5) is 48.2. The summed E-state index contributed by atoms with van der Waals surface area (Å²) in [5, 5.41) is 8.79. The van der Waals surface area contributed by atoms with Gasteiger partial charge >= 0.3 is 5.97 Å². The molecule has 2 amide bonds. The van der Waals surface area contributed by atoms with Crippen LogP contribution in [0.5, 0.6) is 5.75 Å². The molecule has 1 atom stereocenters. The smallest absolute Gasteiger partial charge is 0.333 e. The predicted octanol–water partition coefficient (Wildman–Crippen LogP) is 2.38. The highest BCUT2D eigenvalue weighted by molar-refractivity contribution is 7.13. The highest BCUT2D eigenvalue weighted by Crippen LogP contribution is 2.24. The van der Waals surface area contributed by atoms with Crippen LogP contribution in [0.3, 0.4) is 0 Å². The van der Waals surface area contributed by atoms with Gasteiger partial charge in [-0.3, -0.25) is 19.5 Å². The molecule has 1 aliphatic heterocycles. The number of hydrogen-bond acceptors (Lipinski definition) is 9. The van der Waals surface area contributed by atoms with E-state index in [0.717, 1.165) is 10.9 Å². The van der Waals surface area contributed by atoms with Crippen LogP contribution in [0.4, 0.5) is 5.13 Å². The Morgan fingerprint density at radius 2 is 1.97 bits per heavy atom. The molecule has 4 rings (SSSR count). The van der Waals surface area contributed by atoms with Crippen molar-refractivity contribution < 1.29 is 23.9 Å². The van der Waals surface area contributed by atoms with Crippen molar-refractivity contribution in [1.82, 2.24) is 20.2 Å². The lowest BCUT2D eigenvalue weighted by atomic mass is 9.96. The maximum absolute atomic E-state index is 12.8. The van der Waals surface area contributed by atoms with Crippen molar-refractivity contribution in [2.75, 3.05) is 39.2 Å². The Morgan fingerprint density at radius 3 is 2.66 bits per heavy atom. The Morgan fingerprint density at radius 1 is 1.17 bits per heavy atom. The first kappa shape index (κ1) is 24.6. The van der Waals surface area contributed by atoms with E-state index in [-0.39, 0.29) is 24.3 Å². The van der Waals surface area contributed by atoms with Crippen LogP contribution in [0, 0.1) is 5.92 Å². The van der Waals surface area contributed by atoms with Crippen molar-refractivity contribution in [2.24, 2.45) is 5.92 Å². The number of pyridine rings is 1. The first-order chi connectivity index (χ1) is 17.0. The molecule has 1 aromatic carbocycles. The third-order valence-electron chi connectivity index (χ3n) is 5.97. The number of benzene rings is 1. The van der Waals surface area contributed by atoms with Crippen LogP contribution < -0.4 is 15.4 Å². The molecule has 3 aromatic rings. The molecule has 11 heteroatoms. The quantitative estimate of drug-likeness (QED) is 0.455. The van der Waals surface area contributed by atoms with Crippen molar-refractivity contribution in [3.05, 3.63) is 47.6 Å². The van der Waals surface area contributed by atoms with E-state index in [4.69, 9.17) is 9.47 Å². The number of carbonyl (C=O) groups excluding carboxylic acids is 3. The monoisotopic (exact) mass is 497 g/mol. The molecule has 0 saturated carbocycles. The molecule has 184 valence electrons. The molecule has 1 saturated heterocycles. The zero-order valence-electron chi connectivity index (χ0n) is 19.5. The molecule has 35 heavy (non-hydrogen) atoms. The second-order valence-corrected chi connectivity index (χ2v) is 9.12. The largest absolute Gasteiger partial charge is 0.497 e. The predicted molar refractivity (Wildman–Crippen MR) is 131 cm³/mol. The molecule has 10 nitrogen and oxygen atoms in total. The maximum atomic E-state index is 12.8. The van der Waals surface area contributed by atoms with Crippen LogP contribution in [0.15, 0.2) is 42.0 Å². The summed E-state index contributed by atoms with van der Waals surface area (Å²) in [6.45, 7) is 1.32. The van der Waals surface area contributed by atoms with Gasteiger partial charge in [-0.1, -0.05) is 0 Å². The summed E-state index contributed by atoms with van der Waals surface area (Å²) >= 11 is 1.38. The first-order valence-corrected chi connectivity index (χ1v) is 12.1. The van der Waals surface area contributed by atoms with Crippen LogP contribution in [-0.4, -0.2) is 66.5 Å². The molecule has 3 heterocycles. The lowest BCUT2D eigenvalue weighted by Crippen LogP contribution is -2.45. The van der Waals surface area contributed by atoms with Crippen molar-refractivity contribution in [1.29, 1.82) is 0 Å². The Hall–Kier alpha value is -3.57. The number of anilines is 1. The third-order valence-corrected chi connectivity index (χ3v) is 6.66. The number of nitrogens with one attached hydrogen (secondary N) is 2. The van der Waals surface area contributed by atoms with Gasteiger partial charge in [0, 0.05) is 34.6 Å². The summed E-state index contributed by atoms with van der Waals surface area (Å²) in [7, 11) is 2.85. The Bertz CT molecular complexity index is 1190. The van der Waals surface area contributed by atoms with E-state index in [9.17, 15) is 14.4 Å². The number of thiazole rings is 1. The van der Waals surface area contributed by atoms with Crippen LogP contribution in [0.25, 0.3) is 10.9 Å². The molecule has 0 bridgehead atoms. The van der Waals surface area contributed by atoms with Crippen molar-refractivity contribution >= 4 is 45.2 Å². The molecule has 2 aromatic heterocycles. The van der Waals surface area contributed by atoms with Gasteiger partial charge in [-0.2, -0.15) is 0 Å². The van der Waals surface area contributed by atoms with Crippen LogP contribution in [0.1, 0.15) is 24.4 Å². The van der Waals surface area contributed by atoms with Gasteiger partial charge in [-0.05, 0) is 50.2 Å². The lowest BCUT2D eigenvalue weighted by molar-refractivity contribution is -0.145. The fraction of sp³-hybridized carbons (Fsp3) is 0.375. The van der Waals surface area contributed by atoms with Gasteiger partial charge in [0.25, 0.3) is 0 Å². The number of nitrogens with zero attached hydrogens (tertiary/aromatic N) is 3. The number of carbonyl (C=O) groups is 3. The number of rotatable bonds is 8. The lowest BCUT2D eigenvalue weighted by Gasteiger charge is -2.31. The summed E-state index contributed by atoms with van der Waals surface area (Å²) < 4.78 is 10.2. The van der Waals surface area contributed by atoms with E-state index >= 15 is 0 Å². The molecule has 1 aliphatic rings. The average Bonchev–Trinajstić information content (AvgIpc) is 3.39. The van der Waals surface area contributed by atoms with Gasteiger partial charge in [0.15, 0.2) is 11.2 Å². The summed E-state index contributed by atoms with van der Waals surface area (Å²) in [5.41, 5.74) is 1.26. The SMILES string of the molecule is COC(=O)C(NC(=O)CN1CCC(C(=O)Nc2nccs2)CC1)c1cnc2ccc(OC)cc2c1. The van der Waals surface area contributed by atoms with Gasteiger partial charge in [0.1, 0.15) is 5.75 Å². The van der Waals surface area contributed by atoms with E-state index in [0.29, 0.717) is 42.4 Å². The number of ether oxygens (including phenoxy) is 2. The highest BCUT2D eigenvalue weighted by Gasteiger charge is 2.29. The van der Waals surface area contributed by atoms with Crippen molar-refractivity contribution in [3.63, 3.8) is 0 Å². The summed E-state index contributed by atoms with van der Waals surface area (Å²) in [6.07, 6.45) is 4.49. The number of methoxy groups -OCH3 is 2. The second kappa shape index (κ2) is 11.2. The highest BCUT2D eigenvalue weighted by atomic mass is 32.1. The van der Waals surface area contributed by atoms with E-state index in [2.05, 4.69) is 20.6 Å². The minimum Gasteiger partial charge on any atom is -0.497 e. The number of piperidine rings is 1. The van der Waals surface area contributed by atoms with Crippen LogP contribution >= 0.6 is 11.3 Å². The Labute approximate surface area is 206 Å². The molecule has 0 aliphatic carbocycles. The Balaban J connectivity index is 1.36. The van der Waals surface area contributed by atoms with E-state index in [1.807, 2.05) is 22.4 Å². The molecular formula is C24H27N5O5S. The van der Waals surface area contributed by atoms with E-state index in [1.54, 1.807) is 31.6 Å². The number of hydrogen-bond donors (Lipinski definition) is 2. The van der Waals surface area contributed by atoms with Gasteiger partial charge in [0.2, 0.25) is 11.8 Å². The first-order valence-electron chi connectivity index (χ1n) is 11.2. The standard InChI is InChI=1S/C24H27N5O5S/c1-33-18-3-4-19-16(12-18)11-17(13-26-19)21(23(32)34-2)27-20(30)14-29-8-5-15(6-9-29)22(31)28-24-25-7-10-35-24/h3-4,7,10-13,15,21H,5-6,8-9,14H2,1-2H3,(H,27,30)(H,25,28,31). The summed E-state index contributed by atoms with van der Waals surface area (Å²) in [6, 6.07) is 6.25. The molecule has 0 radical (unpaired) electrons. The molecule has 1 fully saturated rings. The number of fused-ring (bicyclic) bond motifs is 1. The summed E-state index contributed by atoms with van der Waals surface area (Å²) in [5.74, 6) is -0.396. The van der Waals surface area contributed by atoms with Gasteiger partial charge < -0.3 is 20.1 Å². The molecule has 0 spiro atoms. The van der Waals surface area contributed by atoms with Crippen LogP contribution in [0.2, 0.25) is 0 Å². The number of likely N-dealkylation sites (tertiary alicyclic amines) is 1. The fourth-order valence-electron chi connectivity index (χ4n) is 4.06. The van der Waals surface area contributed by atoms with Gasteiger partial charge in [-0.15, -0.1) is 11.3 Å². The normalized spacial score (nSPS) is 15.4. The topological polar surface area (TPSA) is 123 Å². The third kappa shape index (κ3) is 6.11. The minimum atomic E-state index is -0.989.